The second kappa shape index (κ2) is 3.26. The second-order valence-electron chi connectivity index (χ2n) is 5.95. The van der Waals surface area contributed by atoms with Crippen LogP contribution in [0.15, 0.2) is 28.9 Å². The van der Waals surface area contributed by atoms with Gasteiger partial charge < -0.3 is 4.42 Å². The standard InChI is InChI=1S/C15H20O/c1-10-8-13-9-15(3,11(10)2)6-4-12-5-7-16-14(12)13/h5,7,11,13H,1,4,6,8-9H2,2-3H3. The zero-order valence-corrected chi connectivity index (χ0v) is 10.3. The van der Waals surface area contributed by atoms with Gasteiger partial charge in [-0.2, -0.15) is 0 Å². The Kier molecular flexibility index (Phi) is 2.07. The number of hydrogen-bond acceptors (Lipinski definition) is 1. The number of allylic oxidation sites excluding steroid dienone is 1. The summed E-state index contributed by atoms with van der Waals surface area (Å²) in [5.41, 5.74) is 3.29. The van der Waals surface area contributed by atoms with Crippen LogP contribution in [0.25, 0.3) is 0 Å². The lowest BCUT2D eigenvalue weighted by molar-refractivity contribution is 0.148. The molecule has 0 aliphatic heterocycles. The van der Waals surface area contributed by atoms with Gasteiger partial charge in [0.15, 0.2) is 0 Å². The van der Waals surface area contributed by atoms with Crippen LogP contribution < -0.4 is 0 Å². The highest BCUT2D eigenvalue weighted by Crippen LogP contribution is 2.54. The molecular weight excluding hydrogens is 196 g/mol. The lowest BCUT2D eigenvalue weighted by atomic mass is 9.62. The molecule has 2 aliphatic rings. The van der Waals surface area contributed by atoms with E-state index in [0.717, 1.165) is 6.42 Å². The molecule has 16 heavy (non-hydrogen) atoms. The fraction of sp³-hybridized carbons (Fsp3) is 0.600. The molecule has 1 fully saturated rings. The van der Waals surface area contributed by atoms with Crippen molar-refractivity contribution < 1.29 is 4.42 Å². The Labute approximate surface area is 97.5 Å². The van der Waals surface area contributed by atoms with E-state index in [0.29, 0.717) is 17.3 Å². The van der Waals surface area contributed by atoms with E-state index in [9.17, 15) is 0 Å². The molecule has 3 unspecified atom stereocenters. The van der Waals surface area contributed by atoms with Crippen molar-refractivity contribution in [3.8, 4) is 0 Å². The molecule has 1 aromatic heterocycles. The van der Waals surface area contributed by atoms with Gasteiger partial charge in [-0.1, -0.05) is 26.0 Å². The fourth-order valence-corrected chi connectivity index (χ4v) is 3.63. The van der Waals surface area contributed by atoms with E-state index in [2.05, 4.69) is 26.5 Å². The Bertz CT molecular complexity index is 428. The third-order valence-corrected chi connectivity index (χ3v) is 5.00. The molecule has 1 nitrogen and oxygen atoms in total. The maximum atomic E-state index is 5.71. The van der Waals surface area contributed by atoms with Gasteiger partial charge in [0.2, 0.25) is 0 Å². The number of rotatable bonds is 0. The Morgan fingerprint density at radius 3 is 3.12 bits per heavy atom. The van der Waals surface area contributed by atoms with Gasteiger partial charge in [-0.25, -0.2) is 0 Å². The van der Waals surface area contributed by atoms with Crippen molar-refractivity contribution in [1.82, 2.24) is 0 Å². The molecule has 86 valence electrons. The average molecular weight is 216 g/mol. The minimum atomic E-state index is 0.432. The molecule has 1 aromatic rings. The Hall–Kier alpha value is -0.980. The molecule has 0 aromatic carbocycles. The summed E-state index contributed by atoms with van der Waals surface area (Å²) in [6, 6.07) is 2.16. The van der Waals surface area contributed by atoms with Gasteiger partial charge in [0, 0.05) is 5.92 Å². The maximum Gasteiger partial charge on any atom is 0.110 e. The summed E-state index contributed by atoms with van der Waals surface area (Å²) in [5.74, 6) is 2.49. The Balaban J connectivity index is 2.05. The van der Waals surface area contributed by atoms with Gasteiger partial charge in [-0.3, -0.25) is 0 Å². The summed E-state index contributed by atoms with van der Waals surface area (Å²) in [6.07, 6.45) is 6.70. The first kappa shape index (κ1) is 10.2. The van der Waals surface area contributed by atoms with Crippen LogP contribution in [0.5, 0.6) is 0 Å². The normalized spacial score (nSPS) is 38.0. The second-order valence-corrected chi connectivity index (χ2v) is 5.95. The molecule has 1 heteroatoms. The minimum Gasteiger partial charge on any atom is -0.469 e. The minimum absolute atomic E-state index is 0.432. The first-order valence-electron chi connectivity index (χ1n) is 6.34. The predicted molar refractivity (Wildman–Crippen MR) is 65.4 cm³/mol. The number of fused-ring (bicyclic) bond motifs is 4. The molecule has 0 N–H and O–H groups in total. The highest BCUT2D eigenvalue weighted by atomic mass is 16.3. The van der Waals surface area contributed by atoms with Crippen LogP contribution in [0.4, 0.5) is 0 Å². The van der Waals surface area contributed by atoms with Crippen molar-refractivity contribution in [2.24, 2.45) is 11.3 Å². The first-order chi connectivity index (χ1) is 7.60. The van der Waals surface area contributed by atoms with Crippen molar-refractivity contribution >= 4 is 0 Å². The molecule has 1 saturated carbocycles. The van der Waals surface area contributed by atoms with Crippen LogP contribution in [0.1, 0.15) is 50.4 Å². The van der Waals surface area contributed by atoms with Gasteiger partial charge in [-0.15, -0.1) is 0 Å². The average Bonchev–Trinajstić information content (AvgIpc) is 2.67. The third-order valence-electron chi connectivity index (χ3n) is 5.00. The summed E-state index contributed by atoms with van der Waals surface area (Å²) in [6.45, 7) is 9.06. The summed E-state index contributed by atoms with van der Waals surface area (Å²) in [7, 11) is 0. The molecule has 1 heterocycles. The van der Waals surface area contributed by atoms with Gasteiger partial charge in [-0.05, 0) is 48.6 Å². The third kappa shape index (κ3) is 1.30. The molecule has 3 atom stereocenters. The van der Waals surface area contributed by atoms with Crippen LogP contribution in [-0.2, 0) is 6.42 Å². The largest absolute Gasteiger partial charge is 0.469 e. The van der Waals surface area contributed by atoms with E-state index in [4.69, 9.17) is 4.42 Å². The van der Waals surface area contributed by atoms with Gasteiger partial charge in [0.25, 0.3) is 0 Å². The summed E-state index contributed by atoms with van der Waals surface area (Å²) >= 11 is 0. The van der Waals surface area contributed by atoms with Crippen molar-refractivity contribution in [2.75, 3.05) is 0 Å². The van der Waals surface area contributed by atoms with Crippen LogP contribution >= 0.6 is 0 Å². The molecule has 3 rings (SSSR count). The Morgan fingerprint density at radius 1 is 1.50 bits per heavy atom. The molecule has 0 amide bonds. The van der Waals surface area contributed by atoms with E-state index in [1.165, 1.54) is 36.2 Å². The zero-order valence-electron chi connectivity index (χ0n) is 10.3. The van der Waals surface area contributed by atoms with Crippen molar-refractivity contribution in [1.29, 1.82) is 0 Å². The molecular formula is C15H20O. The van der Waals surface area contributed by atoms with Gasteiger partial charge in [0.05, 0.1) is 6.26 Å². The van der Waals surface area contributed by atoms with Crippen LogP contribution in [-0.4, -0.2) is 0 Å². The number of furan rings is 1. The first-order valence-corrected chi connectivity index (χ1v) is 6.34. The van der Waals surface area contributed by atoms with E-state index in [1.807, 2.05) is 6.26 Å². The summed E-state index contributed by atoms with van der Waals surface area (Å²) in [5, 5.41) is 0. The highest BCUT2D eigenvalue weighted by molar-refractivity contribution is 5.28. The molecule has 0 saturated heterocycles. The van der Waals surface area contributed by atoms with Crippen LogP contribution in [0, 0.1) is 11.3 Å². The number of aryl methyl sites for hydroxylation is 1. The predicted octanol–water partition coefficient (Wildman–Crippen LogP) is 4.30. The van der Waals surface area contributed by atoms with E-state index in [-0.39, 0.29) is 0 Å². The van der Waals surface area contributed by atoms with Crippen LogP contribution in [0.2, 0.25) is 0 Å². The molecule has 0 radical (unpaired) electrons. The SMILES string of the molecule is C=C1CC2CC(C)(CCc3ccoc32)C1C. The van der Waals surface area contributed by atoms with Crippen molar-refractivity contribution in [2.45, 2.75) is 45.4 Å². The van der Waals surface area contributed by atoms with Crippen molar-refractivity contribution in [3.63, 3.8) is 0 Å². The Morgan fingerprint density at radius 2 is 2.31 bits per heavy atom. The maximum absolute atomic E-state index is 5.71. The monoisotopic (exact) mass is 216 g/mol. The van der Waals surface area contributed by atoms with E-state index < -0.39 is 0 Å². The van der Waals surface area contributed by atoms with Crippen molar-refractivity contribution in [3.05, 3.63) is 35.8 Å². The van der Waals surface area contributed by atoms with Gasteiger partial charge in [0.1, 0.15) is 5.76 Å². The fourth-order valence-electron chi connectivity index (χ4n) is 3.63. The number of hydrogen-bond donors (Lipinski definition) is 0. The van der Waals surface area contributed by atoms with Gasteiger partial charge >= 0.3 is 0 Å². The summed E-state index contributed by atoms with van der Waals surface area (Å²) < 4.78 is 5.71. The molecule has 2 bridgehead atoms. The van der Waals surface area contributed by atoms with E-state index in [1.54, 1.807) is 0 Å². The highest BCUT2D eigenvalue weighted by Gasteiger charge is 2.43. The molecule has 2 aliphatic carbocycles. The molecule has 0 spiro atoms. The van der Waals surface area contributed by atoms with Crippen LogP contribution in [0.3, 0.4) is 0 Å². The summed E-state index contributed by atoms with van der Waals surface area (Å²) in [4.78, 5) is 0. The lowest BCUT2D eigenvalue weighted by Crippen LogP contribution is -2.32. The van der Waals surface area contributed by atoms with E-state index >= 15 is 0 Å². The lowest BCUT2D eigenvalue weighted by Gasteiger charge is -2.43. The zero-order chi connectivity index (χ0) is 11.3. The smallest absolute Gasteiger partial charge is 0.110 e. The quantitative estimate of drug-likeness (QED) is 0.589. The topological polar surface area (TPSA) is 13.1 Å².